The normalized spacial score (nSPS) is 11.8. The number of carbonyl (C=O) groups is 2. The number of aliphatic hydroxyl groups is 1. The molecule has 6 heteroatoms. The first-order valence-electron chi connectivity index (χ1n) is 5.17. The first-order valence-corrected chi connectivity index (χ1v) is 5.17. The lowest BCUT2D eigenvalue weighted by molar-refractivity contribution is -0.147. The summed E-state index contributed by atoms with van der Waals surface area (Å²) in [5.41, 5.74) is 0.642. The standard InChI is InChI=1S/C11H14N2O4/c14-9(11(16)17)4-6-13-10(15)7-8-3-1-2-5-12-8/h1-3,5,9,14H,4,6-7H2,(H,13,15)(H,16,17). The topological polar surface area (TPSA) is 99.5 Å². The third-order valence-electron chi connectivity index (χ3n) is 2.09. The summed E-state index contributed by atoms with van der Waals surface area (Å²) in [5, 5.41) is 19.9. The van der Waals surface area contributed by atoms with Crippen LogP contribution in [0, 0.1) is 0 Å². The molecule has 1 rings (SSSR count). The highest BCUT2D eigenvalue weighted by Gasteiger charge is 2.12. The largest absolute Gasteiger partial charge is 0.479 e. The fourth-order valence-corrected chi connectivity index (χ4v) is 1.20. The van der Waals surface area contributed by atoms with Crippen molar-refractivity contribution < 1.29 is 19.8 Å². The Bertz CT molecular complexity index is 380. The van der Waals surface area contributed by atoms with Crippen LogP contribution in [0.1, 0.15) is 12.1 Å². The van der Waals surface area contributed by atoms with Crippen LogP contribution in [0.25, 0.3) is 0 Å². The lowest BCUT2D eigenvalue weighted by atomic mass is 10.2. The Kier molecular flexibility index (Phi) is 5.09. The van der Waals surface area contributed by atoms with Gasteiger partial charge in [-0.25, -0.2) is 4.79 Å². The number of carbonyl (C=O) groups excluding carboxylic acids is 1. The van der Waals surface area contributed by atoms with Crippen LogP contribution in [0.5, 0.6) is 0 Å². The summed E-state index contributed by atoms with van der Waals surface area (Å²) >= 11 is 0. The Morgan fingerprint density at radius 2 is 2.18 bits per heavy atom. The van der Waals surface area contributed by atoms with Gasteiger partial charge in [0, 0.05) is 24.9 Å². The SMILES string of the molecule is O=C(Cc1ccccn1)NCCC(O)C(=O)O. The Hall–Kier alpha value is -1.95. The van der Waals surface area contributed by atoms with Gasteiger partial charge in [0.05, 0.1) is 6.42 Å². The fourth-order valence-electron chi connectivity index (χ4n) is 1.20. The summed E-state index contributed by atoms with van der Waals surface area (Å²) in [6.45, 7) is 0.124. The van der Waals surface area contributed by atoms with Crippen molar-refractivity contribution in [2.24, 2.45) is 0 Å². The highest BCUT2D eigenvalue weighted by Crippen LogP contribution is 1.95. The minimum atomic E-state index is -1.44. The van der Waals surface area contributed by atoms with E-state index in [-0.39, 0.29) is 25.3 Å². The Morgan fingerprint density at radius 1 is 1.41 bits per heavy atom. The number of hydrogen-bond donors (Lipinski definition) is 3. The molecule has 0 saturated heterocycles. The molecule has 1 aromatic rings. The highest BCUT2D eigenvalue weighted by atomic mass is 16.4. The molecule has 1 heterocycles. The molecule has 0 aliphatic rings. The van der Waals surface area contributed by atoms with Gasteiger partial charge < -0.3 is 15.5 Å². The van der Waals surface area contributed by atoms with Gasteiger partial charge in [-0.05, 0) is 12.1 Å². The second kappa shape index (κ2) is 6.59. The van der Waals surface area contributed by atoms with Crippen molar-refractivity contribution in [1.82, 2.24) is 10.3 Å². The zero-order valence-electron chi connectivity index (χ0n) is 9.17. The molecule has 0 aliphatic heterocycles. The number of pyridine rings is 1. The number of aliphatic carboxylic acids is 1. The van der Waals surface area contributed by atoms with Crippen molar-refractivity contribution >= 4 is 11.9 Å². The van der Waals surface area contributed by atoms with Crippen LogP contribution in [0.4, 0.5) is 0 Å². The molecule has 1 aromatic heterocycles. The number of aromatic nitrogens is 1. The van der Waals surface area contributed by atoms with E-state index in [1.807, 2.05) is 0 Å². The van der Waals surface area contributed by atoms with E-state index in [0.29, 0.717) is 5.69 Å². The maximum absolute atomic E-state index is 11.4. The molecule has 0 bridgehead atoms. The minimum absolute atomic E-state index is 0.0106. The van der Waals surface area contributed by atoms with Crippen molar-refractivity contribution in [3.05, 3.63) is 30.1 Å². The maximum atomic E-state index is 11.4. The van der Waals surface area contributed by atoms with E-state index in [1.165, 1.54) is 0 Å². The van der Waals surface area contributed by atoms with Crippen molar-refractivity contribution in [3.8, 4) is 0 Å². The van der Waals surface area contributed by atoms with E-state index >= 15 is 0 Å². The molecule has 1 amide bonds. The van der Waals surface area contributed by atoms with Gasteiger partial charge >= 0.3 is 5.97 Å². The Morgan fingerprint density at radius 3 is 2.76 bits per heavy atom. The zero-order valence-corrected chi connectivity index (χ0v) is 9.17. The van der Waals surface area contributed by atoms with Crippen LogP contribution < -0.4 is 5.32 Å². The number of nitrogens with one attached hydrogen (secondary N) is 1. The summed E-state index contributed by atoms with van der Waals surface area (Å²) in [6.07, 6.45) is 0.287. The average Bonchev–Trinajstić information content (AvgIpc) is 2.30. The van der Waals surface area contributed by atoms with Gasteiger partial charge in [-0.2, -0.15) is 0 Å². The number of carboxylic acids is 1. The van der Waals surface area contributed by atoms with Gasteiger partial charge in [0.15, 0.2) is 6.10 Å². The lowest BCUT2D eigenvalue weighted by Crippen LogP contribution is -2.31. The predicted octanol–water partition coefficient (Wildman–Crippen LogP) is -0.424. The molecule has 0 spiro atoms. The van der Waals surface area contributed by atoms with Crippen LogP contribution in [0.2, 0.25) is 0 Å². The van der Waals surface area contributed by atoms with Crippen molar-refractivity contribution in [1.29, 1.82) is 0 Å². The number of amides is 1. The first kappa shape index (κ1) is 13.1. The van der Waals surface area contributed by atoms with E-state index < -0.39 is 12.1 Å². The van der Waals surface area contributed by atoms with Gasteiger partial charge in [-0.15, -0.1) is 0 Å². The van der Waals surface area contributed by atoms with Gasteiger partial charge in [0.1, 0.15) is 0 Å². The van der Waals surface area contributed by atoms with Crippen molar-refractivity contribution in [2.75, 3.05) is 6.54 Å². The second-order valence-electron chi connectivity index (χ2n) is 3.49. The molecular formula is C11H14N2O4. The molecular weight excluding hydrogens is 224 g/mol. The van der Waals surface area contributed by atoms with Crippen LogP contribution >= 0.6 is 0 Å². The molecule has 0 radical (unpaired) electrons. The molecule has 17 heavy (non-hydrogen) atoms. The smallest absolute Gasteiger partial charge is 0.332 e. The Balaban J connectivity index is 2.25. The number of nitrogens with zero attached hydrogens (tertiary/aromatic N) is 1. The fraction of sp³-hybridized carbons (Fsp3) is 0.364. The predicted molar refractivity (Wildman–Crippen MR) is 59.2 cm³/mol. The van der Waals surface area contributed by atoms with Crippen molar-refractivity contribution in [2.45, 2.75) is 18.9 Å². The summed E-state index contributed by atoms with van der Waals surface area (Å²) in [6, 6.07) is 5.26. The van der Waals surface area contributed by atoms with E-state index in [9.17, 15) is 9.59 Å². The van der Waals surface area contributed by atoms with Gasteiger partial charge in [0.25, 0.3) is 0 Å². The lowest BCUT2D eigenvalue weighted by Gasteiger charge is -2.07. The molecule has 3 N–H and O–H groups in total. The van der Waals surface area contributed by atoms with Gasteiger partial charge in [-0.3, -0.25) is 9.78 Å². The molecule has 1 atom stereocenters. The van der Waals surface area contributed by atoms with Crippen LogP contribution in [-0.2, 0) is 16.0 Å². The van der Waals surface area contributed by atoms with Gasteiger partial charge in [-0.1, -0.05) is 6.07 Å². The molecule has 6 nitrogen and oxygen atoms in total. The number of aliphatic hydroxyl groups excluding tert-OH is 1. The average molecular weight is 238 g/mol. The zero-order chi connectivity index (χ0) is 12.7. The summed E-state index contributed by atoms with van der Waals surface area (Å²) < 4.78 is 0. The van der Waals surface area contributed by atoms with Gasteiger partial charge in [0.2, 0.25) is 5.91 Å². The van der Waals surface area contributed by atoms with Crippen LogP contribution in [-0.4, -0.2) is 39.7 Å². The summed E-state index contributed by atoms with van der Waals surface area (Å²) in [7, 11) is 0. The summed E-state index contributed by atoms with van der Waals surface area (Å²) in [4.78, 5) is 25.7. The molecule has 1 unspecified atom stereocenters. The van der Waals surface area contributed by atoms with E-state index in [0.717, 1.165) is 0 Å². The Labute approximate surface area is 98.3 Å². The second-order valence-corrected chi connectivity index (χ2v) is 3.49. The number of hydrogen-bond acceptors (Lipinski definition) is 4. The summed E-state index contributed by atoms with van der Waals surface area (Å²) in [5.74, 6) is -1.54. The molecule has 0 fully saturated rings. The molecule has 92 valence electrons. The van der Waals surface area contributed by atoms with Crippen molar-refractivity contribution in [3.63, 3.8) is 0 Å². The van der Waals surface area contributed by atoms with Crippen LogP contribution in [0.15, 0.2) is 24.4 Å². The van der Waals surface area contributed by atoms with E-state index in [4.69, 9.17) is 10.2 Å². The third kappa shape index (κ3) is 5.07. The highest BCUT2D eigenvalue weighted by molar-refractivity contribution is 5.78. The molecule has 0 saturated carbocycles. The van der Waals surface area contributed by atoms with E-state index in [2.05, 4.69) is 10.3 Å². The maximum Gasteiger partial charge on any atom is 0.332 e. The number of rotatable bonds is 6. The monoisotopic (exact) mass is 238 g/mol. The molecule has 0 aliphatic carbocycles. The number of carboxylic acid groups (broad SMARTS) is 1. The third-order valence-corrected chi connectivity index (χ3v) is 2.09. The minimum Gasteiger partial charge on any atom is -0.479 e. The van der Waals surface area contributed by atoms with Crippen LogP contribution in [0.3, 0.4) is 0 Å². The molecule has 0 aromatic carbocycles. The first-order chi connectivity index (χ1) is 8.09. The van der Waals surface area contributed by atoms with E-state index in [1.54, 1.807) is 24.4 Å². The quantitative estimate of drug-likeness (QED) is 0.625.